The molecule has 1 amide bonds. The van der Waals surface area contributed by atoms with E-state index in [1.54, 1.807) is 0 Å². The number of hydrogen-bond acceptors (Lipinski definition) is 2. The molecule has 0 atom stereocenters. The van der Waals surface area contributed by atoms with Crippen LogP contribution >= 0.6 is 0 Å². The summed E-state index contributed by atoms with van der Waals surface area (Å²) in [6, 6.07) is 0.406. The smallest absolute Gasteiger partial charge is 0.234 e. The van der Waals surface area contributed by atoms with E-state index in [-0.39, 0.29) is 5.91 Å². The molecule has 1 aliphatic carbocycles. The number of carbonyl (C=O) groups is 1. The molecule has 0 aromatic carbocycles. The van der Waals surface area contributed by atoms with Crippen molar-refractivity contribution in [3.05, 3.63) is 0 Å². The number of carbonyl (C=O) groups excluding carboxylic acids is 1. The highest BCUT2D eigenvalue weighted by Gasteiger charge is 2.13. The van der Waals surface area contributed by atoms with E-state index in [1.165, 1.54) is 25.7 Å². The SMILES string of the molecule is C#CCCCCNCC(=O)NC1CCCCCC1. The van der Waals surface area contributed by atoms with Crippen LogP contribution in [0.5, 0.6) is 0 Å². The van der Waals surface area contributed by atoms with Gasteiger partial charge in [0.1, 0.15) is 0 Å². The molecule has 1 saturated carbocycles. The van der Waals surface area contributed by atoms with Gasteiger partial charge in [-0.3, -0.25) is 4.79 Å². The zero-order valence-corrected chi connectivity index (χ0v) is 11.3. The second-order valence-electron chi connectivity index (χ2n) is 5.09. The van der Waals surface area contributed by atoms with Crippen molar-refractivity contribution in [1.82, 2.24) is 10.6 Å². The topological polar surface area (TPSA) is 41.1 Å². The van der Waals surface area contributed by atoms with Gasteiger partial charge in [0.05, 0.1) is 6.54 Å². The third-order valence-corrected chi connectivity index (χ3v) is 3.43. The highest BCUT2D eigenvalue weighted by atomic mass is 16.1. The molecule has 0 aromatic rings. The van der Waals surface area contributed by atoms with Gasteiger partial charge in [-0.1, -0.05) is 25.7 Å². The molecule has 1 fully saturated rings. The molecule has 3 nitrogen and oxygen atoms in total. The van der Waals surface area contributed by atoms with Crippen LogP contribution in [0.25, 0.3) is 0 Å². The summed E-state index contributed by atoms with van der Waals surface area (Å²) in [4.78, 5) is 11.7. The normalized spacial score (nSPS) is 16.8. The van der Waals surface area contributed by atoms with Crippen molar-refractivity contribution >= 4 is 5.91 Å². The van der Waals surface area contributed by atoms with E-state index in [9.17, 15) is 4.79 Å². The van der Waals surface area contributed by atoms with Crippen LogP contribution < -0.4 is 10.6 Å². The van der Waals surface area contributed by atoms with Crippen molar-refractivity contribution in [2.45, 2.75) is 63.8 Å². The van der Waals surface area contributed by atoms with Crippen molar-refractivity contribution in [1.29, 1.82) is 0 Å². The second-order valence-corrected chi connectivity index (χ2v) is 5.09. The summed E-state index contributed by atoms with van der Waals surface area (Å²) < 4.78 is 0. The van der Waals surface area contributed by atoms with Crippen LogP contribution in [0.2, 0.25) is 0 Å². The zero-order valence-electron chi connectivity index (χ0n) is 11.3. The molecule has 0 radical (unpaired) electrons. The third-order valence-electron chi connectivity index (χ3n) is 3.43. The van der Waals surface area contributed by atoms with Crippen molar-refractivity contribution in [2.24, 2.45) is 0 Å². The van der Waals surface area contributed by atoms with Gasteiger partial charge in [-0.15, -0.1) is 12.3 Å². The fraction of sp³-hybridized carbons (Fsp3) is 0.800. The monoisotopic (exact) mass is 250 g/mol. The second kappa shape index (κ2) is 9.96. The third kappa shape index (κ3) is 7.34. The number of rotatable bonds is 7. The Labute approximate surface area is 111 Å². The molecule has 18 heavy (non-hydrogen) atoms. The van der Waals surface area contributed by atoms with E-state index >= 15 is 0 Å². The Morgan fingerprint density at radius 2 is 1.89 bits per heavy atom. The van der Waals surface area contributed by atoms with E-state index in [2.05, 4.69) is 16.6 Å². The summed E-state index contributed by atoms with van der Waals surface area (Å²) in [6.45, 7) is 1.31. The van der Waals surface area contributed by atoms with E-state index < -0.39 is 0 Å². The van der Waals surface area contributed by atoms with Gasteiger partial charge in [0.2, 0.25) is 5.91 Å². The van der Waals surface area contributed by atoms with E-state index in [0.29, 0.717) is 12.6 Å². The quantitative estimate of drug-likeness (QED) is 0.413. The fourth-order valence-electron chi connectivity index (χ4n) is 2.38. The lowest BCUT2D eigenvalue weighted by Crippen LogP contribution is -2.40. The molecule has 0 aromatic heterocycles. The molecule has 0 unspecified atom stereocenters. The van der Waals surface area contributed by atoms with Gasteiger partial charge in [0, 0.05) is 12.5 Å². The minimum absolute atomic E-state index is 0.138. The highest BCUT2D eigenvalue weighted by Crippen LogP contribution is 2.16. The Morgan fingerprint density at radius 3 is 2.56 bits per heavy atom. The van der Waals surface area contributed by atoms with Crippen molar-refractivity contribution < 1.29 is 4.79 Å². The first-order chi connectivity index (χ1) is 8.83. The van der Waals surface area contributed by atoms with Crippen LogP contribution in [0.4, 0.5) is 0 Å². The number of hydrogen-bond donors (Lipinski definition) is 2. The Morgan fingerprint density at radius 1 is 1.17 bits per heavy atom. The summed E-state index contributed by atoms with van der Waals surface area (Å²) in [6.07, 6.45) is 15.5. The number of nitrogens with one attached hydrogen (secondary N) is 2. The maximum absolute atomic E-state index is 11.7. The number of amides is 1. The van der Waals surface area contributed by atoms with Gasteiger partial charge in [0.15, 0.2) is 0 Å². The maximum Gasteiger partial charge on any atom is 0.234 e. The maximum atomic E-state index is 11.7. The first-order valence-electron chi connectivity index (χ1n) is 7.26. The van der Waals surface area contributed by atoms with E-state index in [1.807, 2.05) is 0 Å². The van der Waals surface area contributed by atoms with Crippen LogP contribution in [0.3, 0.4) is 0 Å². The fourth-order valence-corrected chi connectivity index (χ4v) is 2.38. The molecule has 1 rings (SSSR count). The summed E-state index contributed by atoms with van der Waals surface area (Å²) >= 11 is 0. The summed E-state index contributed by atoms with van der Waals surface area (Å²) in [5.74, 6) is 2.76. The summed E-state index contributed by atoms with van der Waals surface area (Å²) in [5, 5.41) is 6.30. The molecule has 0 bridgehead atoms. The Balaban J connectivity index is 2.00. The molecule has 0 spiro atoms. The Bertz CT molecular complexity index is 262. The molecule has 0 heterocycles. The predicted molar refractivity (Wildman–Crippen MR) is 75.2 cm³/mol. The van der Waals surface area contributed by atoms with Gasteiger partial charge >= 0.3 is 0 Å². The van der Waals surface area contributed by atoms with Gasteiger partial charge in [-0.05, 0) is 32.2 Å². The number of unbranched alkanes of at least 4 members (excludes halogenated alkanes) is 2. The molecular weight excluding hydrogens is 224 g/mol. The largest absolute Gasteiger partial charge is 0.352 e. The van der Waals surface area contributed by atoms with Gasteiger partial charge in [-0.25, -0.2) is 0 Å². The average Bonchev–Trinajstić information content (AvgIpc) is 2.62. The minimum Gasteiger partial charge on any atom is -0.352 e. The molecule has 3 heteroatoms. The minimum atomic E-state index is 0.138. The van der Waals surface area contributed by atoms with Crippen LogP contribution in [0.1, 0.15) is 57.8 Å². The Kier molecular flexibility index (Phi) is 8.33. The molecule has 0 aliphatic heterocycles. The van der Waals surface area contributed by atoms with Crippen LogP contribution in [-0.4, -0.2) is 25.0 Å². The Hall–Kier alpha value is -1.01. The summed E-state index contributed by atoms with van der Waals surface area (Å²) in [7, 11) is 0. The van der Waals surface area contributed by atoms with Gasteiger partial charge in [0.25, 0.3) is 0 Å². The summed E-state index contributed by atoms with van der Waals surface area (Å²) in [5.41, 5.74) is 0. The molecule has 1 aliphatic rings. The first-order valence-corrected chi connectivity index (χ1v) is 7.26. The lowest BCUT2D eigenvalue weighted by Gasteiger charge is -2.16. The van der Waals surface area contributed by atoms with Crippen LogP contribution in [0.15, 0.2) is 0 Å². The lowest BCUT2D eigenvalue weighted by molar-refractivity contribution is -0.121. The van der Waals surface area contributed by atoms with Gasteiger partial charge in [-0.2, -0.15) is 0 Å². The van der Waals surface area contributed by atoms with Gasteiger partial charge < -0.3 is 10.6 Å². The molecular formula is C15H26N2O. The predicted octanol–water partition coefficient (Wildman–Crippen LogP) is 2.22. The standard InChI is InChI=1S/C15H26N2O/c1-2-3-4-9-12-16-13-15(18)17-14-10-7-5-6-8-11-14/h1,14,16H,3-13H2,(H,17,18). The highest BCUT2D eigenvalue weighted by molar-refractivity contribution is 5.78. The molecule has 0 saturated heterocycles. The lowest BCUT2D eigenvalue weighted by atomic mass is 10.1. The van der Waals surface area contributed by atoms with Crippen LogP contribution in [0, 0.1) is 12.3 Å². The number of terminal acetylenes is 1. The van der Waals surface area contributed by atoms with Crippen molar-refractivity contribution in [2.75, 3.05) is 13.1 Å². The van der Waals surface area contributed by atoms with Crippen molar-refractivity contribution in [3.63, 3.8) is 0 Å². The average molecular weight is 250 g/mol. The van der Waals surface area contributed by atoms with E-state index in [4.69, 9.17) is 6.42 Å². The van der Waals surface area contributed by atoms with Crippen molar-refractivity contribution in [3.8, 4) is 12.3 Å². The van der Waals surface area contributed by atoms with E-state index in [0.717, 1.165) is 38.6 Å². The molecule has 102 valence electrons. The van der Waals surface area contributed by atoms with Crippen LogP contribution in [-0.2, 0) is 4.79 Å². The molecule has 2 N–H and O–H groups in total. The zero-order chi connectivity index (χ0) is 13.1. The first kappa shape index (κ1) is 15.0.